The monoisotopic (exact) mass is 380 g/mol. The molecule has 0 unspecified atom stereocenters. The third kappa shape index (κ3) is 2.78. The molecule has 0 saturated carbocycles. The van der Waals surface area contributed by atoms with Gasteiger partial charge in [-0.3, -0.25) is 0 Å². The van der Waals surface area contributed by atoms with Gasteiger partial charge in [0.25, 0.3) is 0 Å². The second-order valence-corrected chi connectivity index (χ2v) is 6.60. The van der Waals surface area contributed by atoms with Crippen molar-refractivity contribution in [2.45, 2.75) is 13.8 Å². The molecule has 0 aliphatic heterocycles. The summed E-state index contributed by atoms with van der Waals surface area (Å²) in [5.41, 5.74) is 3.78. The van der Waals surface area contributed by atoms with Crippen molar-refractivity contribution in [1.82, 2.24) is 9.97 Å². The summed E-state index contributed by atoms with van der Waals surface area (Å²) < 4.78 is 0.962. The Morgan fingerprint density at radius 3 is 2.43 bits per heavy atom. The van der Waals surface area contributed by atoms with Crippen molar-refractivity contribution in [3.63, 3.8) is 0 Å². The zero-order valence-electron chi connectivity index (χ0n) is 11.4. The van der Waals surface area contributed by atoms with E-state index in [0.717, 1.165) is 32.1 Å². The molecule has 0 atom stereocenters. The van der Waals surface area contributed by atoms with Gasteiger partial charge in [0, 0.05) is 20.4 Å². The Morgan fingerprint density at radius 1 is 0.952 bits per heavy atom. The van der Waals surface area contributed by atoms with E-state index in [1.807, 2.05) is 44.2 Å². The number of aromatic nitrogens is 2. The smallest absolute Gasteiger partial charge is 0.161 e. The second-order valence-electron chi connectivity index (χ2n) is 4.92. The van der Waals surface area contributed by atoms with Crippen LogP contribution in [0, 0.1) is 13.8 Å². The van der Waals surface area contributed by atoms with Crippen LogP contribution in [0.25, 0.3) is 22.3 Å². The van der Waals surface area contributed by atoms with Crippen LogP contribution in [0.1, 0.15) is 11.1 Å². The van der Waals surface area contributed by atoms with Crippen LogP contribution in [0.2, 0.25) is 10.2 Å². The highest BCUT2D eigenvalue weighted by molar-refractivity contribution is 9.10. The van der Waals surface area contributed by atoms with Gasteiger partial charge in [0.05, 0.1) is 5.52 Å². The summed E-state index contributed by atoms with van der Waals surface area (Å²) in [6, 6.07) is 9.71. The van der Waals surface area contributed by atoms with Gasteiger partial charge in [-0.2, -0.15) is 0 Å². The Morgan fingerprint density at radius 2 is 1.71 bits per heavy atom. The van der Waals surface area contributed by atoms with Crippen LogP contribution in [0.5, 0.6) is 0 Å². The van der Waals surface area contributed by atoms with Crippen LogP contribution in [-0.4, -0.2) is 9.97 Å². The average molecular weight is 382 g/mol. The van der Waals surface area contributed by atoms with E-state index in [2.05, 4.69) is 25.9 Å². The molecule has 3 rings (SSSR count). The van der Waals surface area contributed by atoms with Gasteiger partial charge in [-0.1, -0.05) is 51.3 Å². The zero-order chi connectivity index (χ0) is 15.1. The van der Waals surface area contributed by atoms with Crippen molar-refractivity contribution >= 4 is 50.0 Å². The molecule has 0 spiro atoms. The summed E-state index contributed by atoms with van der Waals surface area (Å²) in [4.78, 5) is 9.04. The van der Waals surface area contributed by atoms with Gasteiger partial charge in [-0.05, 0) is 43.2 Å². The number of fused-ring (bicyclic) bond motifs is 1. The van der Waals surface area contributed by atoms with Gasteiger partial charge < -0.3 is 0 Å². The van der Waals surface area contributed by atoms with Crippen molar-refractivity contribution in [3.05, 3.63) is 56.1 Å². The molecule has 0 aliphatic rings. The van der Waals surface area contributed by atoms with Crippen LogP contribution >= 0.6 is 39.1 Å². The maximum atomic E-state index is 6.32. The molecule has 106 valence electrons. The van der Waals surface area contributed by atoms with E-state index < -0.39 is 0 Å². The zero-order valence-corrected chi connectivity index (χ0v) is 14.5. The third-order valence-electron chi connectivity index (χ3n) is 3.34. The lowest BCUT2D eigenvalue weighted by Gasteiger charge is -2.08. The third-order valence-corrected chi connectivity index (χ3v) is 4.49. The standard InChI is InChI=1S/C16H11BrCl2N2/c1-8-3-4-10(6-13(8)18)16-20-14-9(2)5-11(17)7-12(14)15(19)21-16/h3-7H,1-2H3. The van der Waals surface area contributed by atoms with Gasteiger partial charge >= 0.3 is 0 Å². The molecule has 5 heteroatoms. The molecule has 2 nitrogen and oxygen atoms in total. The lowest BCUT2D eigenvalue weighted by Crippen LogP contribution is -1.94. The van der Waals surface area contributed by atoms with Crippen molar-refractivity contribution in [3.8, 4) is 11.4 Å². The van der Waals surface area contributed by atoms with E-state index >= 15 is 0 Å². The summed E-state index contributed by atoms with van der Waals surface area (Å²) in [7, 11) is 0. The Balaban J connectivity index is 2.27. The molecule has 2 aromatic carbocycles. The first-order valence-corrected chi connectivity index (χ1v) is 7.90. The fourth-order valence-corrected chi connectivity index (χ4v) is 3.16. The van der Waals surface area contributed by atoms with Crippen LogP contribution in [0.15, 0.2) is 34.8 Å². The molecular weight excluding hydrogens is 371 g/mol. The van der Waals surface area contributed by atoms with Gasteiger partial charge in [0.1, 0.15) is 5.15 Å². The number of rotatable bonds is 1. The maximum Gasteiger partial charge on any atom is 0.161 e. The van der Waals surface area contributed by atoms with E-state index in [9.17, 15) is 0 Å². The molecule has 0 bridgehead atoms. The van der Waals surface area contributed by atoms with Crippen LogP contribution in [-0.2, 0) is 0 Å². The summed E-state index contributed by atoms with van der Waals surface area (Å²) >= 11 is 16.0. The Labute approximate surface area is 141 Å². The second kappa shape index (κ2) is 5.56. The molecule has 21 heavy (non-hydrogen) atoms. The van der Waals surface area contributed by atoms with Crippen LogP contribution < -0.4 is 0 Å². The molecule has 0 aliphatic carbocycles. The molecule has 1 aromatic heterocycles. The summed E-state index contributed by atoms with van der Waals surface area (Å²) in [6.07, 6.45) is 0. The van der Waals surface area contributed by atoms with E-state index in [1.165, 1.54) is 0 Å². The predicted molar refractivity (Wildman–Crippen MR) is 92.2 cm³/mol. The highest BCUT2D eigenvalue weighted by Crippen LogP contribution is 2.30. The fourth-order valence-electron chi connectivity index (χ4n) is 2.19. The minimum absolute atomic E-state index is 0.441. The van der Waals surface area contributed by atoms with E-state index in [0.29, 0.717) is 16.0 Å². The Bertz CT molecular complexity index is 863. The number of hydrogen-bond acceptors (Lipinski definition) is 2. The van der Waals surface area contributed by atoms with Gasteiger partial charge in [0.15, 0.2) is 5.82 Å². The van der Waals surface area contributed by atoms with Crippen LogP contribution in [0.3, 0.4) is 0 Å². The topological polar surface area (TPSA) is 25.8 Å². The maximum absolute atomic E-state index is 6.32. The summed E-state index contributed by atoms with van der Waals surface area (Å²) in [5.74, 6) is 0.583. The molecule has 0 radical (unpaired) electrons. The van der Waals surface area contributed by atoms with Gasteiger partial charge in [-0.15, -0.1) is 0 Å². The van der Waals surface area contributed by atoms with E-state index in [-0.39, 0.29) is 0 Å². The molecule has 0 amide bonds. The average Bonchev–Trinajstić information content (AvgIpc) is 2.43. The van der Waals surface area contributed by atoms with Crippen molar-refractivity contribution < 1.29 is 0 Å². The number of hydrogen-bond donors (Lipinski definition) is 0. The molecule has 3 aromatic rings. The molecule has 1 heterocycles. The van der Waals surface area contributed by atoms with Gasteiger partial charge in [-0.25, -0.2) is 9.97 Å². The molecular formula is C16H11BrCl2N2. The largest absolute Gasteiger partial charge is 0.228 e. The van der Waals surface area contributed by atoms with Crippen molar-refractivity contribution in [2.24, 2.45) is 0 Å². The number of nitrogens with zero attached hydrogens (tertiary/aromatic N) is 2. The van der Waals surface area contributed by atoms with Gasteiger partial charge in [0.2, 0.25) is 0 Å². The number of aryl methyl sites for hydroxylation is 2. The first-order valence-electron chi connectivity index (χ1n) is 6.35. The minimum Gasteiger partial charge on any atom is -0.228 e. The van der Waals surface area contributed by atoms with Crippen molar-refractivity contribution in [2.75, 3.05) is 0 Å². The predicted octanol–water partition coefficient (Wildman–Crippen LogP) is 5.98. The normalized spacial score (nSPS) is 11.1. The van der Waals surface area contributed by atoms with E-state index in [1.54, 1.807) is 0 Å². The first kappa shape index (κ1) is 14.8. The minimum atomic E-state index is 0.441. The number of benzene rings is 2. The lowest BCUT2D eigenvalue weighted by molar-refractivity contribution is 1.21. The highest BCUT2D eigenvalue weighted by atomic mass is 79.9. The Kier molecular flexibility index (Phi) is 3.91. The van der Waals surface area contributed by atoms with E-state index in [4.69, 9.17) is 23.2 Å². The Hall–Kier alpha value is -1.16. The SMILES string of the molecule is Cc1ccc(-c2nc(Cl)c3cc(Br)cc(C)c3n2)cc1Cl. The molecule has 0 saturated heterocycles. The molecule has 0 N–H and O–H groups in total. The fraction of sp³-hybridized carbons (Fsp3) is 0.125. The highest BCUT2D eigenvalue weighted by Gasteiger charge is 2.11. The lowest BCUT2D eigenvalue weighted by atomic mass is 10.1. The first-order chi connectivity index (χ1) is 9.95. The summed E-state index contributed by atoms with van der Waals surface area (Å²) in [5, 5.41) is 1.97. The summed E-state index contributed by atoms with van der Waals surface area (Å²) in [6.45, 7) is 3.96. The number of halogens is 3. The quantitative estimate of drug-likeness (QED) is 0.484. The van der Waals surface area contributed by atoms with Crippen LogP contribution in [0.4, 0.5) is 0 Å². The van der Waals surface area contributed by atoms with Crippen molar-refractivity contribution in [1.29, 1.82) is 0 Å². The molecule has 0 fully saturated rings.